The maximum atomic E-state index is 3.58. The lowest BCUT2D eigenvalue weighted by atomic mass is 10.1. The zero-order valence-electron chi connectivity index (χ0n) is 9.76. The van der Waals surface area contributed by atoms with Crippen LogP contribution in [-0.4, -0.2) is 6.54 Å². The third-order valence-corrected chi connectivity index (χ3v) is 3.56. The molecule has 84 valence electrons. The van der Waals surface area contributed by atoms with Crippen molar-refractivity contribution in [3.8, 4) is 0 Å². The number of rotatable bonds is 5. The fourth-order valence-electron chi connectivity index (χ4n) is 1.46. The first-order valence-corrected chi connectivity index (χ1v) is 6.42. The van der Waals surface area contributed by atoms with E-state index in [1.165, 1.54) is 16.5 Å². The average molecular weight is 270 g/mol. The third kappa shape index (κ3) is 3.96. The summed E-state index contributed by atoms with van der Waals surface area (Å²) in [6, 6.07) is 8.81. The topological polar surface area (TPSA) is 12.0 Å². The van der Waals surface area contributed by atoms with Gasteiger partial charge in [0.15, 0.2) is 0 Å². The highest BCUT2D eigenvalue weighted by Gasteiger charge is 2.08. The van der Waals surface area contributed by atoms with E-state index in [1.807, 2.05) is 0 Å². The molecule has 1 aromatic rings. The smallest absolute Gasteiger partial charge is 0.0303 e. The summed E-state index contributed by atoms with van der Waals surface area (Å²) in [6.07, 6.45) is 1.23. The van der Waals surface area contributed by atoms with Crippen LogP contribution in [0.15, 0.2) is 28.7 Å². The van der Waals surface area contributed by atoms with Gasteiger partial charge in [0, 0.05) is 10.5 Å². The molecule has 2 heteroatoms. The van der Waals surface area contributed by atoms with Gasteiger partial charge in [-0.1, -0.05) is 54.4 Å². The molecular weight excluding hydrogens is 250 g/mol. The molecule has 15 heavy (non-hydrogen) atoms. The van der Waals surface area contributed by atoms with Gasteiger partial charge in [0.1, 0.15) is 0 Å². The van der Waals surface area contributed by atoms with Crippen molar-refractivity contribution in [2.24, 2.45) is 5.92 Å². The Morgan fingerprint density at radius 2 is 1.93 bits per heavy atom. The summed E-state index contributed by atoms with van der Waals surface area (Å²) in [7, 11) is 0. The molecule has 1 aromatic carbocycles. The lowest BCUT2D eigenvalue weighted by Gasteiger charge is -2.18. The Balaban J connectivity index is 2.54. The molecule has 1 rings (SSSR count). The van der Waals surface area contributed by atoms with Crippen LogP contribution in [0.4, 0.5) is 0 Å². The van der Waals surface area contributed by atoms with E-state index in [1.54, 1.807) is 0 Å². The van der Waals surface area contributed by atoms with Gasteiger partial charge in [-0.3, -0.25) is 0 Å². The first-order valence-electron chi connectivity index (χ1n) is 5.63. The van der Waals surface area contributed by atoms with Crippen LogP contribution >= 0.6 is 15.9 Å². The van der Waals surface area contributed by atoms with Crippen molar-refractivity contribution in [2.75, 3.05) is 6.54 Å². The monoisotopic (exact) mass is 269 g/mol. The number of halogens is 1. The fraction of sp³-hybridized carbons (Fsp3) is 0.538. The van der Waals surface area contributed by atoms with Gasteiger partial charge in [-0.15, -0.1) is 0 Å². The Kier molecular flexibility index (Phi) is 5.34. The molecule has 0 heterocycles. The Hall–Kier alpha value is -0.340. The minimum atomic E-state index is 0.412. The molecule has 0 aliphatic heterocycles. The highest BCUT2D eigenvalue weighted by molar-refractivity contribution is 9.10. The SMILES string of the molecule is CCC(C)CN[C@H](C)c1ccccc1Br. The summed E-state index contributed by atoms with van der Waals surface area (Å²) in [5.74, 6) is 0.745. The largest absolute Gasteiger partial charge is 0.310 e. The zero-order chi connectivity index (χ0) is 11.3. The molecule has 1 N–H and O–H groups in total. The van der Waals surface area contributed by atoms with Crippen LogP contribution in [0.5, 0.6) is 0 Å². The Labute approximate surface area is 101 Å². The molecule has 2 atom stereocenters. The molecule has 0 aliphatic rings. The van der Waals surface area contributed by atoms with Gasteiger partial charge in [-0.25, -0.2) is 0 Å². The normalized spacial score (nSPS) is 14.9. The predicted octanol–water partition coefficient (Wildman–Crippen LogP) is 4.15. The van der Waals surface area contributed by atoms with Gasteiger partial charge < -0.3 is 5.32 Å². The van der Waals surface area contributed by atoms with E-state index in [9.17, 15) is 0 Å². The molecule has 0 aliphatic carbocycles. The van der Waals surface area contributed by atoms with E-state index in [-0.39, 0.29) is 0 Å². The van der Waals surface area contributed by atoms with Crippen molar-refractivity contribution in [1.29, 1.82) is 0 Å². The lowest BCUT2D eigenvalue weighted by molar-refractivity contribution is 0.460. The highest BCUT2D eigenvalue weighted by atomic mass is 79.9. The van der Waals surface area contributed by atoms with Gasteiger partial charge in [-0.05, 0) is 31.0 Å². The Morgan fingerprint density at radius 3 is 2.53 bits per heavy atom. The molecular formula is C13H20BrN. The van der Waals surface area contributed by atoms with Gasteiger partial charge in [-0.2, -0.15) is 0 Å². The number of hydrogen-bond donors (Lipinski definition) is 1. The number of benzene rings is 1. The Bertz CT molecular complexity index is 298. The van der Waals surface area contributed by atoms with E-state index in [0.717, 1.165) is 12.5 Å². The van der Waals surface area contributed by atoms with Crippen molar-refractivity contribution < 1.29 is 0 Å². The molecule has 0 saturated carbocycles. The van der Waals surface area contributed by atoms with Crippen molar-refractivity contribution in [2.45, 2.75) is 33.2 Å². The average Bonchev–Trinajstić information content (AvgIpc) is 2.26. The highest BCUT2D eigenvalue weighted by Crippen LogP contribution is 2.22. The molecule has 0 bridgehead atoms. The van der Waals surface area contributed by atoms with Gasteiger partial charge in [0.25, 0.3) is 0 Å². The summed E-state index contributed by atoms with van der Waals surface area (Å²) < 4.78 is 1.19. The summed E-state index contributed by atoms with van der Waals surface area (Å²) in [4.78, 5) is 0. The van der Waals surface area contributed by atoms with Crippen LogP contribution in [-0.2, 0) is 0 Å². The molecule has 0 radical (unpaired) electrons. The second-order valence-electron chi connectivity index (χ2n) is 4.16. The predicted molar refractivity (Wildman–Crippen MR) is 70.0 cm³/mol. The minimum Gasteiger partial charge on any atom is -0.310 e. The molecule has 0 fully saturated rings. The maximum absolute atomic E-state index is 3.58. The van der Waals surface area contributed by atoms with Crippen molar-refractivity contribution in [1.82, 2.24) is 5.32 Å². The van der Waals surface area contributed by atoms with E-state index >= 15 is 0 Å². The molecule has 0 amide bonds. The van der Waals surface area contributed by atoms with Crippen LogP contribution in [0, 0.1) is 5.92 Å². The van der Waals surface area contributed by atoms with Crippen LogP contribution in [0.1, 0.15) is 38.8 Å². The van der Waals surface area contributed by atoms with E-state index in [2.05, 4.69) is 66.3 Å². The molecule has 1 nitrogen and oxygen atoms in total. The van der Waals surface area contributed by atoms with Crippen LogP contribution < -0.4 is 5.32 Å². The van der Waals surface area contributed by atoms with Crippen LogP contribution in [0.3, 0.4) is 0 Å². The second kappa shape index (κ2) is 6.29. The first-order chi connectivity index (χ1) is 7.15. The number of hydrogen-bond acceptors (Lipinski definition) is 1. The minimum absolute atomic E-state index is 0.412. The second-order valence-corrected chi connectivity index (χ2v) is 5.02. The van der Waals surface area contributed by atoms with E-state index < -0.39 is 0 Å². The van der Waals surface area contributed by atoms with Gasteiger partial charge >= 0.3 is 0 Å². The van der Waals surface area contributed by atoms with E-state index in [0.29, 0.717) is 6.04 Å². The van der Waals surface area contributed by atoms with Crippen molar-refractivity contribution in [3.63, 3.8) is 0 Å². The van der Waals surface area contributed by atoms with Gasteiger partial charge in [0.05, 0.1) is 0 Å². The fourth-order valence-corrected chi connectivity index (χ4v) is 2.09. The third-order valence-electron chi connectivity index (χ3n) is 2.84. The zero-order valence-corrected chi connectivity index (χ0v) is 11.3. The number of nitrogens with one attached hydrogen (secondary N) is 1. The van der Waals surface area contributed by atoms with Crippen LogP contribution in [0.25, 0.3) is 0 Å². The lowest BCUT2D eigenvalue weighted by Crippen LogP contribution is -2.24. The standard InChI is InChI=1S/C13H20BrN/c1-4-10(2)9-15-11(3)12-7-5-6-8-13(12)14/h5-8,10-11,15H,4,9H2,1-3H3/t10?,11-/m1/s1. The van der Waals surface area contributed by atoms with E-state index in [4.69, 9.17) is 0 Å². The summed E-state index contributed by atoms with van der Waals surface area (Å²) in [5, 5.41) is 3.56. The molecule has 1 unspecified atom stereocenters. The van der Waals surface area contributed by atoms with Crippen LogP contribution in [0.2, 0.25) is 0 Å². The first kappa shape index (κ1) is 12.7. The summed E-state index contributed by atoms with van der Waals surface area (Å²) >= 11 is 3.58. The van der Waals surface area contributed by atoms with Gasteiger partial charge in [0.2, 0.25) is 0 Å². The summed E-state index contributed by atoms with van der Waals surface area (Å²) in [5.41, 5.74) is 1.33. The van der Waals surface area contributed by atoms with Crippen molar-refractivity contribution in [3.05, 3.63) is 34.3 Å². The van der Waals surface area contributed by atoms with Crippen molar-refractivity contribution >= 4 is 15.9 Å². The summed E-state index contributed by atoms with van der Waals surface area (Å²) in [6.45, 7) is 7.80. The quantitative estimate of drug-likeness (QED) is 0.847. The molecule has 0 spiro atoms. The molecule has 0 aromatic heterocycles. The molecule has 0 saturated heterocycles. The Morgan fingerprint density at radius 1 is 1.27 bits per heavy atom. The maximum Gasteiger partial charge on any atom is 0.0303 e.